The van der Waals surface area contributed by atoms with Crippen LogP contribution in [0.4, 0.5) is 0 Å². The zero-order chi connectivity index (χ0) is 82.2. The molecule has 0 aliphatic rings. The molecular weight excluding hydrogens is 1600 g/mol. The van der Waals surface area contributed by atoms with Crippen molar-refractivity contribution in [3.63, 3.8) is 0 Å². The van der Waals surface area contributed by atoms with Gasteiger partial charge in [0.25, 0.3) is 35.4 Å². The number of halogens is 8. The van der Waals surface area contributed by atoms with E-state index in [1.165, 1.54) is 0 Å². The Morgan fingerprint density at radius 3 is 0.734 bits per heavy atom. The van der Waals surface area contributed by atoms with Gasteiger partial charge < -0.3 is 76.5 Å². The number of primary amides is 1. The number of nitrogens with two attached hydrogens (primary N) is 5. The Balaban J connectivity index is 10.5. The summed E-state index contributed by atoms with van der Waals surface area (Å²) in [5.74, 6) is -22.7. The first-order valence-corrected chi connectivity index (χ1v) is 40.6. The molecule has 0 heterocycles. The van der Waals surface area contributed by atoms with Crippen LogP contribution in [0.1, 0.15) is 167 Å². The van der Waals surface area contributed by atoms with Gasteiger partial charge in [-0.15, -0.1) is 92.8 Å². The first kappa shape index (κ1) is 103. The Labute approximate surface area is 676 Å². The fraction of sp³-hybridized carbons (Fsp3) is 0.746. The predicted molar refractivity (Wildman–Crippen MR) is 415 cm³/mol. The highest BCUT2D eigenvalue weighted by molar-refractivity contribution is 6.30. The minimum absolute atomic E-state index is 0.00536. The number of carbonyl (C=O) groups is 17. The molecule has 0 aromatic heterocycles. The standard InChI is InChI=1S/C67H111Cl8N17O17/c68-35-53(95)81-31-13-5-18-44(85-57(99)39-72)62(104)91(63(105)45(86-58(100)40-73)19-6-14-32-82-54(96)36-69)49(23-3-11-29-78)66(108)90(48(22-2-10-28-77)61(103)89-43(17-1-9-27-76)51(93)25-26-52(80)94)67(109)50(24-4-12-30-79)92(64(106)46(87-59(101)41-74)20-7-15-33-83-55(97)37-70)65(107)47(88-60(102)42-75)21-8-16-34-84-56(98)38-71/h43-50H,1-42,76-79H2,(H2,80,94)(H,81,95)(H,82,96)(H,83,97)(H,84,98)(H,85,99)(H,86,100)(H,87,101)(H,88,102)(H,89,103)/t43-,44-,45-,46-,47-,48-,49-,50-/m0/s1. The highest BCUT2D eigenvalue weighted by Gasteiger charge is 2.51. The number of hydrogen-bond acceptors (Lipinski definition) is 21. The van der Waals surface area contributed by atoms with Crippen molar-refractivity contribution < 1.29 is 81.5 Å². The van der Waals surface area contributed by atoms with E-state index in [-0.39, 0.29) is 187 Å². The maximum atomic E-state index is 17.3. The Hall–Kier alpha value is -6.05. The molecule has 0 unspecified atom stereocenters. The van der Waals surface area contributed by atoms with Gasteiger partial charge in [-0.2, -0.15) is 0 Å². The number of hydrogen-bond donors (Lipinski definition) is 14. The van der Waals surface area contributed by atoms with Gasteiger partial charge in [-0.3, -0.25) is 96.2 Å². The van der Waals surface area contributed by atoms with Crippen molar-refractivity contribution in [3.05, 3.63) is 0 Å². The summed E-state index contributed by atoms with van der Waals surface area (Å²) >= 11 is 47.2. The summed E-state index contributed by atoms with van der Waals surface area (Å²) in [4.78, 5) is 246. The van der Waals surface area contributed by atoms with Crippen molar-refractivity contribution in [1.29, 1.82) is 0 Å². The molecule has 109 heavy (non-hydrogen) atoms. The molecule has 0 saturated carbocycles. The number of imide groups is 3. The zero-order valence-electron chi connectivity index (χ0n) is 61.5. The molecule has 16 amide bonds. The molecule has 0 aromatic carbocycles. The topological polar surface area (TPSA) is 538 Å². The number of nitrogens with one attached hydrogen (secondary N) is 9. The van der Waals surface area contributed by atoms with Crippen LogP contribution in [-0.4, -0.2) is 263 Å². The van der Waals surface area contributed by atoms with Crippen LogP contribution >= 0.6 is 92.8 Å². The maximum absolute atomic E-state index is 17.3. The third kappa shape index (κ3) is 42.4. The Kier molecular flexibility index (Phi) is 59.0. The average Bonchev–Trinajstić information content (AvgIpc) is 0.765. The lowest BCUT2D eigenvalue weighted by Gasteiger charge is -2.41. The number of carbonyl (C=O) groups excluding carboxylic acids is 17. The van der Waals surface area contributed by atoms with E-state index in [0.717, 1.165) is 0 Å². The van der Waals surface area contributed by atoms with E-state index in [1.807, 2.05) is 0 Å². The quantitative estimate of drug-likeness (QED) is 0.0281. The van der Waals surface area contributed by atoms with E-state index in [1.54, 1.807) is 0 Å². The summed E-state index contributed by atoms with van der Waals surface area (Å²) in [6.07, 6.45) is -4.62. The lowest BCUT2D eigenvalue weighted by atomic mass is 9.95. The predicted octanol–water partition coefficient (Wildman–Crippen LogP) is -0.0112. The third-order valence-electron chi connectivity index (χ3n) is 16.8. The van der Waals surface area contributed by atoms with Gasteiger partial charge in [0.15, 0.2) is 5.78 Å². The molecule has 19 N–H and O–H groups in total. The fourth-order valence-corrected chi connectivity index (χ4v) is 11.9. The monoisotopic (exact) mass is 1710 g/mol. The van der Waals surface area contributed by atoms with Crippen LogP contribution in [0.3, 0.4) is 0 Å². The molecule has 42 heteroatoms. The number of nitrogens with zero attached hydrogens (tertiary/aromatic N) is 3. The number of unbranched alkanes of at least 4 members (excludes halogenated alkanes) is 8. The molecule has 0 fully saturated rings. The van der Waals surface area contributed by atoms with Crippen molar-refractivity contribution >= 4 is 193 Å². The Morgan fingerprint density at radius 1 is 0.257 bits per heavy atom. The van der Waals surface area contributed by atoms with Crippen LogP contribution < -0.4 is 76.5 Å². The molecular formula is C67H111Cl8N17O17. The van der Waals surface area contributed by atoms with E-state index < -0.39 is 228 Å². The lowest BCUT2D eigenvalue weighted by molar-refractivity contribution is -0.168. The van der Waals surface area contributed by atoms with Gasteiger partial charge in [0.05, 0.1) is 6.04 Å². The van der Waals surface area contributed by atoms with Crippen LogP contribution in [0, 0.1) is 0 Å². The number of Topliss-reactive ketones (excluding diaryl/α,β-unsaturated/α-hetero) is 1. The number of alkyl halides is 8. The Bertz CT molecular complexity index is 2630. The number of ketones is 1. The maximum Gasteiger partial charge on any atom is 0.253 e. The SMILES string of the molecule is NCCCC[C@H](NC(=O)[C@H](CCCCN)N(C(=O)[C@H](CCCCN)N(C(=O)[C@H](CCCCNC(=O)CCl)NC(=O)CCl)C(=O)[C@H](CCCCNC(=O)CCl)NC(=O)CCl)C(=O)[C@H](CCCCN)N(C(=O)[C@H](CCCCNC(=O)CCl)NC(=O)CCl)C(=O)[C@H](CCCCNC(=O)CCl)NC(=O)CCl)C(=O)CCC(N)=O. The molecule has 8 atom stereocenters. The van der Waals surface area contributed by atoms with E-state index in [4.69, 9.17) is 121 Å². The normalized spacial score (nSPS) is 13.2. The zero-order valence-corrected chi connectivity index (χ0v) is 67.6. The summed E-state index contributed by atoms with van der Waals surface area (Å²) < 4.78 is 0. The minimum Gasteiger partial charge on any atom is -0.370 e. The number of amides is 16. The van der Waals surface area contributed by atoms with Crippen LogP contribution in [0.15, 0.2) is 0 Å². The van der Waals surface area contributed by atoms with Gasteiger partial charge in [0.2, 0.25) is 59.1 Å². The smallest absolute Gasteiger partial charge is 0.253 e. The molecule has 0 radical (unpaired) electrons. The highest BCUT2D eigenvalue weighted by atomic mass is 35.5. The molecule has 0 rings (SSSR count). The first-order valence-electron chi connectivity index (χ1n) is 36.4. The summed E-state index contributed by atoms with van der Waals surface area (Å²) in [5.41, 5.74) is 29.6. The second kappa shape index (κ2) is 62.5. The van der Waals surface area contributed by atoms with E-state index in [2.05, 4.69) is 47.9 Å². The molecule has 0 saturated heterocycles. The number of rotatable bonds is 63. The largest absolute Gasteiger partial charge is 0.370 e. The molecule has 0 aliphatic carbocycles. The van der Waals surface area contributed by atoms with E-state index >= 15 is 33.6 Å². The van der Waals surface area contributed by atoms with Crippen LogP contribution in [-0.2, 0) is 81.5 Å². The fourth-order valence-electron chi connectivity index (χ4n) is 11.2. The van der Waals surface area contributed by atoms with Crippen molar-refractivity contribution in [2.75, 3.05) is 99.4 Å². The molecule has 622 valence electrons. The van der Waals surface area contributed by atoms with Crippen molar-refractivity contribution in [2.24, 2.45) is 28.7 Å². The Morgan fingerprint density at radius 2 is 0.486 bits per heavy atom. The van der Waals surface area contributed by atoms with Gasteiger partial charge >= 0.3 is 0 Å². The molecule has 0 aliphatic heterocycles. The van der Waals surface area contributed by atoms with Crippen LogP contribution in [0.2, 0.25) is 0 Å². The minimum atomic E-state index is -2.38. The summed E-state index contributed by atoms with van der Waals surface area (Å²) in [6.45, 7) is -0.328. The van der Waals surface area contributed by atoms with Crippen LogP contribution in [0.25, 0.3) is 0 Å². The van der Waals surface area contributed by atoms with Gasteiger partial charge in [-0.05, 0) is 180 Å². The van der Waals surface area contributed by atoms with Gasteiger partial charge in [0, 0.05) is 39.0 Å². The lowest BCUT2D eigenvalue weighted by Crippen LogP contribution is -2.68. The van der Waals surface area contributed by atoms with Crippen molar-refractivity contribution in [2.45, 2.75) is 215 Å². The van der Waals surface area contributed by atoms with E-state index in [9.17, 15) is 47.9 Å². The van der Waals surface area contributed by atoms with Crippen LogP contribution in [0.5, 0.6) is 0 Å². The highest BCUT2D eigenvalue weighted by Crippen LogP contribution is 2.27. The second-order valence-corrected chi connectivity index (χ2v) is 27.4. The van der Waals surface area contributed by atoms with Crippen molar-refractivity contribution in [1.82, 2.24) is 62.6 Å². The summed E-state index contributed by atoms with van der Waals surface area (Å²) in [6, 6.07) is -16.0. The van der Waals surface area contributed by atoms with Crippen molar-refractivity contribution in [3.8, 4) is 0 Å². The first-order chi connectivity index (χ1) is 52.1. The van der Waals surface area contributed by atoms with E-state index in [0.29, 0.717) is 14.7 Å². The molecule has 0 bridgehead atoms. The molecule has 0 spiro atoms. The van der Waals surface area contributed by atoms with Gasteiger partial charge in [-0.25, -0.2) is 0 Å². The van der Waals surface area contributed by atoms with Gasteiger partial charge in [0.1, 0.15) is 89.3 Å². The van der Waals surface area contributed by atoms with Gasteiger partial charge in [-0.1, -0.05) is 0 Å². The molecule has 34 nitrogen and oxygen atoms in total. The third-order valence-corrected chi connectivity index (χ3v) is 18.7. The summed E-state index contributed by atoms with van der Waals surface area (Å²) in [5, 5.41) is 22.9. The summed E-state index contributed by atoms with van der Waals surface area (Å²) in [7, 11) is 0. The average molecular weight is 1710 g/mol. The molecule has 0 aromatic rings. The second-order valence-electron chi connectivity index (χ2n) is 25.3.